The molecule has 3 rings (SSSR count). The lowest BCUT2D eigenvalue weighted by Crippen LogP contribution is -2.39. The van der Waals surface area contributed by atoms with Crippen LogP contribution >= 0.6 is 0 Å². The van der Waals surface area contributed by atoms with Crippen molar-refractivity contribution in [3.8, 4) is 5.75 Å². The molecule has 162 valence electrons. The van der Waals surface area contributed by atoms with Crippen LogP contribution in [0.2, 0.25) is 0 Å². The third kappa shape index (κ3) is 5.03. The number of nitrogen functional groups attached to an aromatic ring is 1. The van der Waals surface area contributed by atoms with Crippen LogP contribution in [0.4, 0.5) is 11.5 Å². The van der Waals surface area contributed by atoms with Crippen molar-refractivity contribution in [2.75, 3.05) is 17.7 Å². The zero-order valence-corrected chi connectivity index (χ0v) is 17.6. The summed E-state index contributed by atoms with van der Waals surface area (Å²) in [4.78, 5) is 40.8. The van der Waals surface area contributed by atoms with Crippen molar-refractivity contribution in [3.05, 3.63) is 86.6 Å². The summed E-state index contributed by atoms with van der Waals surface area (Å²) >= 11 is 0. The van der Waals surface area contributed by atoms with E-state index >= 15 is 0 Å². The van der Waals surface area contributed by atoms with Crippen LogP contribution in [0, 0.1) is 0 Å². The third-order valence-electron chi connectivity index (χ3n) is 4.94. The van der Waals surface area contributed by atoms with E-state index in [4.69, 9.17) is 10.5 Å². The van der Waals surface area contributed by atoms with Crippen molar-refractivity contribution in [3.63, 3.8) is 0 Å². The number of carbonyl (C=O) groups excluding carboxylic acids is 1. The Balaban J connectivity index is 1.78. The Hall–Kier alpha value is -3.81. The fraction of sp³-hybridized carbons (Fsp3) is 0.261. The standard InChI is InChI=1S/C23H26N4O4/c1-3-4-14-27-20(24)19(21(28)25-23(27)30)26(2)22(29)17-12-10-16(11-13-17)15-31-18-8-6-5-7-9-18/h5-13H,3-4,14-15,24H2,1-2H3,(H,25,28,30). The number of anilines is 2. The van der Waals surface area contributed by atoms with Crippen molar-refractivity contribution in [2.24, 2.45) is 0 Å². The average molecular weight is 422 g/mol. The molecule has 0 aliphatic carbocycles. The summed E-state index contributed by atoms with van der Waals surface area (Å²) in [6.45, 7) is 2.71. The van der Waals surface area contributed by atoms with Crippen LogP contribution in [0.1, 0.15) is 35.7 Å². The molecule has 3 N–H and O–H groups in total. The maximum atomic E-state index is 12.9. The molecule has 0 aliphatic rings. The summed E-state index contributed by atoms with van der Waals surface area (Å²) in [6, 6.07) is 16.4. The molecule has 2 aromatic carbocycles. The van der Waals surface area contributed by atoms with Gasteiger partial charge < -0.3 is 15.4 Å². The number of rotatable bonds is 8. The number of unbranched alkanes of at least 4 members (excludes halogenated alkanes) is 1. The quantitative estimate of drug-likeness (QED) is 0.580. The van der Waals surface area contributed by atoms with Gasteiger partial charge in [-0.2, -0.15) is 0 Å². The zero-order valence-electron chi connectivity index (χ0n) is 17.6. The normalized spacial score (nSPS) is 10.6. The first-order valence-electron chi connectivity index (χ1n) is 10.1. The summed E-state index contributed by atoms with van der Waals surface area (Å²) in [5.74, 6) is 0.328. The molecule has 3 aromatic rings. The lowest BCUT2D eigenvalue weighted by atomic mass is 10.1. The van der Waals surface area contributed by atoms with E-state index < -0.39 is 17.2 Å². The Labute approximate surface area is 179 Å². The zero-order chi connectivity index (χ0) is 22.4. The van der Waals surface area contributed by atoms with Gasteiger partial charge in [-0.1, -0.05) is 43.7 Å². The number of hydrogen-bond donors (Lipinski definition) is 2. The number of nitrogens with two attached hydrogens (primary N) is 1. The van der Waals surface area contributed by atoms with Crippen molar-refractivity contribution >= 4 is 17.4 Å². The van der Waals surface area contributed by atoms with E-state index in [9.17, 15) is 14.4 Å². The van der Waals surface area contributed by atoms with Gasteiger partial charge in [0.2, 0.25) is 0 Å². The van der Waals surface area contributed by atoms with Crippen LogP contribution in [0.3, 0.4) is 0 Å². The van der Waals surface area contributed by atoms with Crippen LogP contribution in [-0.2, 0) is 13.2 Å². The highest BCUT2D eigenvalue weighted by molar-refractivity contribution is 6.06. The summed E-state index contributed by atoms with van der Waals surface area (Å²) in [6.07, 6.45) is 1.58. The summed E-state index contributed by atoms with van der Waals surface area (Å²) in [5, 5.41) is 0. The van der Waals surface area contributed by atoms with Gasteiger partial charge in [0.05, 0.1) is 0 Å². The van der Waals surface area contributed by atoms with Crippen LogP contribution in [0.15, 0.2) is 64.2 Å². The van der Waals surface area contributed by atoms with Crippen LogP contribution in [0.25, 0.3) is 0 Å². The smallest absolute Gasteiger partial charge is 0.330 e. The Morgan fingerprint density at radius 2 is 1.77 bits per heavy atom. The van der Waals surface area contributed by atoms with Crippen molar-refractivity contribution < 1.29 is 9.53 Å². The number of aromatic nitrogens is 2. The number of aromatic amines is 1. The summed E-state index contributed by atoms with van der Waals surface area (Å²) in [7, 11) is 1.46. The number of para-hydroxylation sites is 1. The van der Waals surface area contributed by atoms with Crippen molar-refractivity contribution in [1.82, 2.24) is 9.55 Å². The molecular formula is C23H26N4O4. The van der Waals surface area contributed by atoms with Gasteiger partial charge in [-0.3, -0.25) is 19.1 Å². The first kappa shape index (κ1) is 21.9. The lowest BCUT2D eigenvalue weighted by Gasteiger charge is -2.20. The van der Waals surface area contributed by atoms with Gasteiger partial charge in [-0.05, 0) is 36.2 Å². The Bertz CT molecular complexity index is 1150. The van der Waals surface area contributed by atoms with Gasteiger partial charge in [-0.25, -0.2) is 4.79 Å². The van der Waals surface area contributed by atoms with E-state index in [0.717, 1.165) is 24.2 Å². The van der Waals surface area contributed by atoms with Crippen molar-refractivity contribution in [2.45, 2.75) is 32.9 Å². The molecule has 31 heavy (non-hydrogen) atoms. The molecule has 1 heterocycles. The van der Waals surface area contributed by atoms with E-state index in [0.29, 0.717) is 18.7 Å². The Kier molecular flexibility index (Phi) is 6.92. The van der Waals surface area contributed by atoms with Crippen LogP contribution in [0.5, 0.6) is 5.75 Å². The first-order valence-corrected chi connectivity index (χ1v) is 10.1. The predicted molar refractivity (Wildman–Crippen MR) is 121 cm³/mol. The SMILES string of the molecule is CCCCn1c(N)c(N(C)C(=O)c2ccc(COc3ccccc3)cc2)c(=O)[nH]c1=O. The number of H-pyrrole nitrogens is 1. The molecule has 8 heteroatoms. The minimum Gasteiger partial charge on any atom is -0.489 e. The van der Waals surface area contributed by atoms with Gasteiger partial charge in [0.1, 0.15) is 18.2 Å². The predicted octanol–water partition coefficient (Wildman–Crippen LogP) is 2.77. The molecule has 0 aliphatic heterocycles. The molecule has 0 fully saturated rings. The van der Waals surface area contributed by atoms with Gasteiger partial charge in [0, 0.05) is 19.2 Å². The van der Waals surface area contributed by atoms with E-state index in [1.165, 1.54) is 16.5 Å². The van der Waals surface area contributed by atoms with Gasteiger partial charge in [0.25, 0.3) is 11.5 Å². The van der Waals surface area contributed by atoms with Gasteiger partial charge in [0.15, 0.2) is 5.69 Å². The molecule has 0 bridgehead atoms. The second-order valence-corrected chi connectivity index (χ2v) is 7.16. The lowest BCUT2D eigenvalue weighted by molar-refractivity contribution is 0.0992. The molecular weight excluding hydrogens is 396 g/mol. The second-order valence-electron chi connectivity index (χ2n) is 7.16. The number of benzene rings is 2. The topological polar surface area (TPSA) is 110 Å². The molecule has 8 nitrogen and oxygen atoms in total. The number of ether oxygens (including phenoxy) is 1. The molecule has 0 saturated heterocycles. The molecule has 0 unspecified atom stereocenters. The number of nitrogens with one attached hydrogen (secondary N) is 1. The molecule has 1 aromatic heterocycles. The summed E-state index contributed by atoms with van der Waals surface area (Å²) < 4.78 is 6.99. The highest BCUT2D eigenvalue weighted by atomic mass is 16.5. The Morgan fingerprint density at radius 3 is 2.42 bits per heavy atom. The van der Waals surface area contributed by atoms with E-state index in [2.05, 4.69) is 4.98 Å². The monoisotopic (exact) mass is 422 g/mol. The molecule has 0 spiro atoms. The average Bonchev–Trinajstić information content (AvgIpc) is 2.78. The number of carbonyl (C=O) groups is 1. The van der Waals surface area contributed by atoms with E-state index in [1.807, 2.05) is 37.3 Å². The molecule has 0 radical (unpaired) electrons. The number of nitrogens with zero attached hydrogens (tertiary/aromatic N) is 2. The fourth-order valence-electron chi connectivity index (χ4n) is 3.16. The molecule has 0 saturated carbocycles. The van der Waals surface area contributed by atoms with Crippen molar-refractivity contribution in [1.29, 1.82) is 0 Å². The maximum absolute atomic E-state index is 12.9. The fourth-order valence-corrected chi connectivity index (χ4v) is 3.16. The Morgan fingerprint density at radius 1 is 1.10 bits per heavy atom. The van der Waals surface area contributed by atoms with E-state index in [1.54, 1.807) is 24.3 Å². The highest BCUT2D eigenvalue weighted by Gasteiger charge is 2.22. The molecule has 1 amide bonds. The number of hydrogen-bond acceptors (Lipinski definition) is 5. The van der Waals surface area contributed by atoms with Crippen LogP contribution < -0.4 is 26.6 Å². The minimum absolute atomic E-state index is 0.0223. The highest BCUT2D eigenvalue weighted by Crippen LogP contribution is 2.19. The van der Waals surface area contributed by atoms with Crippen LogP contribution in [-0.4, -0.2) is 22.5 Å². The third-order valence-corrected chi connectivity index (χ3v) is 4.94. The molecule has 0 atom stereocenters. The minimum atomic E-state index is -0.695. The first-order chi connectivity index (χ1) is 14.9. The summed E-state index contributed by atoms with van der Waals surface area (Å²) in [5.41, 5.74) is 6.06. The van der Waals surface area contributed by atoms with Gasteiger partial charge >= 0.3 is 5.69 Å². The van der Waals surface area contributed by atoms with Gasteiger partial charge in [-0.15, -0.1) is 0 Å². The van der Waals surface area contributed by atoms with E-state index in [-0.39, 0.29) is 11.5 Å². The second kappa shape index (κ2) is 9.80. The number of amides is 1. The largest absolute Gasteiger partial charge is 0.489 e. The maximum Gasteiger partial charge on any atom is 0.330 e.